The van der Waals surface area contributed by atoms with Crippen LogP contribution in [0.15, 0.2) is 48.8 Å². The second kappa shape index (κ2) is 6.17. The first-order valence-corrected chi connectivity index (χ1v) is 6.97. The van der Waals surface area contributed by atoms with Gasteiger partial charge in [-0.05, 0) is 42.1 Å². The lowest BCUT2D eigenvalue weighted by atomic mass is 10.2. The number of nitrogen functional groups attached to an aromatic ring is 1. The van der Waals surface area contributed by atoms with Gasteiger partial charge in [-0.3, -0.25) is 0 Å². The van der Waals surface area contributed by atoms with E-state index in [1.54, 1.807) is 6.20 Å². The van der Waals surface area contributed by atoms with Gasteiger partial charge in [0, 0.05) is 30.5 Å². The molecule has 0 radical (unpaired) electrons. The van der Waals surface area contributed by atoms with E-state index in [0.717, 1.165) is 30.0 Å². The fraction of sp³-hybridized carbons (Fsp3) is 0.188. The van der Waals surface area contributed by atoms with Gasteiger partial charge in [0.25, 0.3) is 0 Å². The fourth-order valence-corrected chi connectivity index (χ4v) is 2.15. The molecule has 0 amide bonds. The van der Waals surface area contributed by atoms with Crippen molar-refractivity contribution in [2.45, 2.75) is 6.42 Å². The zero-order valence-electron chi connectivity index (χ0n) is 11.7. The number of ether oxygens (including phenoxy) is 1. The van der Waals surface area contributed by atoms with Crippen LogP contribution in [0.3, 0.4) is 0 Å². The standard InChI is InChI=1S/C16H18N4O/c17-14-3-1-7-19-16(14)20-8-2-10-21-13-5-4-12-6-9-18-15(12)11-13/h1,3-7,9,11,18H,2,8,10,17H2,(H,19,20). The number of hydrogen-bond donors (Lipinski definition) is 3. The van der Waals surface area contributed by atoms with E-state index in [1.807, 2.05) is 42.6 Å². The lowest BCUT2D eigenvalue weighted by molar-refractivity contribution is 0.315. The van der Waals surface area contributed by atoms with Gasteiger partial charge in [-0.2, -0.15) is 0 Å². The Morgan fingerprint density at radius 2 is 2.19 bits per heavy atom. The highest BCUT2D eigenvalue weighted by Crippen LogP contribution is 2.19. The summed E-state index contributed by atoms with van der Waals surface area (Å²) in [5, 5.41) is 4.39. The molecule has 0 unspecified atom stereocenters. The van der Waals surface area contributed by atoms with E-state index in [9.17, 15) is 0 Å². The van der Waals surface area contributed by atoms with Crippen LogP contribution in [-0.4, -0.2) is 23.1 Å². The Labute approximate surface area is 123 Å². The molecule has 0 spiro atoms. The Kier molecular flexibility index (Phi) is 3.91. The molecule has 0 bridgehead atoms. The van der Waals surface area contributed by atoms with Crippen LogP contribution in [0, 0.1) is 0 Å². The summed E-state index contributed by atoms with van der Waals surface area (Å²) in [5.41, 5.74) is 7.56. The van der Waals surface area contributed by atoms with Gasteiger partial charge in [0.05, 0.1) is 12.3 Å². The van der Waals surface area contributed by atoms with Crippen LogP contribution < -0.4 is 15.8 Å². The van der Waals surface area contributed by atoms with Crippen LogP contribution in [0.5, 0.6) is 5.75 Å². The molecule has 0 fully saturated rings. The molecule has 3 rings (SSSR count). The van der Waals surface area contributed by atoms with Crippen LogP contribution in [0.2, 0.25) is 0 Å². The average molecular weight is 282 g/mol. The van der Waals surface area contributed by atoms with Crippen molar-refractivity contribution in [3.63, 3.8) is 0 Å². The molecule has 2 aromatic heterocycles. The predicted molar refractivity (Wildman–Crippen MR) is 85.5 cm³/mol. The second-order valence-electron chi connectivity index (χ2n) is 4.80. The SMILES string of the molecule is Nc1cccnc1NCCCOc1ccc2cc[nH]c2c1. The van der Waals surface area contributed by atoms with E-state index in [2.05, 4.69) is 15.3 Å². The van der Waals surface area contributed by atoms with E-state index in [1.165, 1.54) is 5.39 Å². The molecular formula is C16H18N4O. The van der Waals surface area contributed by atoms with Crippen molar-refractivity contribution in [3.05, 3.63) is 48.8 Å². The first-order valence-electron chi connectivity index (χ1n) is 6.97. The van der Waals surface area contributed by atoms with Crippen LogP contribution in [0.1, 0.15) is 6.42 Å². The summed E-state index contributed by atoms with van der Waals surface area (Å²) in [6.07, 6.45) is 4.52. The highest BCUT2D eigenvalue weighted by molar-refractivity contribution is 5.80. The molecule has 0 saturated heterocycles. The molecule has 2 heterocycles. The molecule has 3 aromatic rings. The zero-order chi connectivity index (χ0) is 14.5. The van der Waals surface area contributed by atoms with Gasteiger partial charge >= 0.3 is 0 Å². The summed E-state index contributed by atoms with van der Waals surface area (Å²) in [5.74, 6) is 1.60. The van der Waals surface area contributed by atoms with Gasteiger partial charge in [0.15, 0.2) is 0 Å². The largest absolute Gasteiger partial charge is 0.493 e. The number of benzene rings is 1. The average Bonchev–Trinajstić information content (AvgIpc) is 2.96. The minimum absolute atomic E-state index is 0.645. The highest BCUT2D eigenvalue weighted by Gasteiger charge is 2.00. The molecule has 21 heavy (non-hydrogen) atoms. The van der Waals surface area contributed by atoms with E-state index < -0.39 is 0 Å². The van der Waals surface area contributed by atoms with Crippen molar-refractivity contribution in [3.8, 4) is 5.75 Å². The van der Waals surface area contributed by atoms with Gasteiger partial charge in [-0.1, -0.05) is 0 Å². The molecule has 5 nitrogen and oxygen atoms in total. The number of rotatable bonds is 6. The number of nitrogens with one attached hydrogen (secondary N) is 2. The van der Waals surface area contributed by atoms with Crippen LogP contribution >= 0.6 is 0 Å². The first kappa shape index (κ1) is 13.3. The Balaban J connectivity index is 1.45. The molecule has 4 N–H and O–H groups in total. The predicted octanol–water partition coefficient (Wildman–Crippen LogP) is 3.03. The van der Waals surface area contributed by atoms with E-state index in [-0.39, 0.29) is 0 Å². The van der Waals surface area contributed by atoms with Crippen molar-refractivity contribution in [2.24, 2.45) is 0 Å². The van der Waals surface area contributed by atoms with Gasteiger partial charge in [0.1, 0.15) is 11.6 Å². The number of anilines is 2. The first-order chi connectivity index (χ1) is 10.3. The number of aromatic amines is 1. The molecule has 0 saturated carbocycles. The lowest BCUT2D eigenvalue weighted by Gasteiger charge is -2.09. The Bertz CT molecular complexity index is 723. The number of H-pyrrole nitrogens is 1. The smallest absolute Gasteiger partial charge is 0.149 e. The van der Waals surface area contributed by atoms with Crippen molar-refractivity contribution >= 4 is 22.4 Å². The molecular weight excluding hydrogens is 264 g/mol. The maximum Gasteiger partial charge on any atom is 0.149 e. The third kappa shape index (κ3) is 3.25. The Morgan fingerprint density at radius 3 is 3.10 bits per heavy atom. The van der Waals surface area contributed by atoms with Crippen LogP contribution in [0.4, 0.5) is 11.5 Å². The number of nitrogens with two attached hydrogens (primary N) is 1. The number of pyridine rings is 1. The van der Waals surface area contributed by atoms with Gasteiger partial charge < -0.3 is 20.8 Å². The van der Waals surface area contributed by atoms with E-state index in [0.29, 0.717) is 12.3 Å². The summed E-state index contributed by atoms with van der Waals surface area (Å²) in [6.45, 7) is 1.41. The molecule has 1 aromatic carbocycles. The molecule has 0 atom stereocenters. The summed E-state index contributed by atoms with van der Waals surface area (Å²) in [7, 11) is 0. The third-order valence-corrected chi connectivity index (χ3v) is 3.25. The van der Waals surface area contributed by atoms with Crippen molar-refractivity contribution in [1.29, 1.82) is 0 Å². The van der Waals surface area contributed by atoms with Gasteiger partial charge in [-0.15, -0.1) is 0 Å². The normalized spacial score (nSPS) is 10.7. The molecule has 0 aliphatic rings. The summed E-state index contributed by atoms with van der Waals surface area (Å²) in [4.78, 5) is 7.36. The highest BCUT2D eigenvalue weighted by atomic mass is 16.5. The zero-order valence-corrected chi connectivity index (χ0v) is 11.7. The van der Waals surface area contributed by atoms with E-state index >= 15 is 0 Å². The third-order valence-electron chi connectivity index (χ3n) is 3.25. The molecule has 0 aliphatic heterocycles. The minimum Gasteiger partial charge on any atom is -0.493 e. The number of aromatic nitrogens is 2. The van der Waals surface area contributed by atoms with Crippen molar-refractivity contribution < 1.29 is 4.74 Å². The maximum absolute atomic E-state index is 5.81. The summed E-state index contributed by atoms with van der Waals surface area (Å²) >= 11 is 0. The lowest BCUT2D eigenvalue weighted by Crippen LogP contribution is -2.09. The number of fused-ring (bicyclic) bond motifs is 1. The molecule has 5 heteroatoms. The quantitative estimate of drug-likeness (QED) is 0.607. The topological polar surface area (TPSA) is 76.0 Å². The number of nitrogens with zero attached hydrogens (tertiary/aromatic N) is 1. The van der Waals surface area contributed by atoms with Crippen LogP contribution in [0.25, 0.3) is 10.9 Å². The Morgan fingerprint density at radius 1 is 1.24 bits per heavy atom. The van der Waals surface area contributed by atoms with Crippen LogP contribution in [-0.2, 0) is 0 Å². The van der Waals surface area contributed by atoms with Gasteiger partial charge in [-0.25, -0.2) is 4.98 Å². The second-order valence-corrected chi connectivity index (χ2v) is 4.80. The maximum atomic E-state index is 5.81. The van der Waals surface area contributed by atoms with E-state index in [4.69, 9.17) is 10.5 Å². The summed E-state index contributed by atoms with van der Waals surface area (Å²) in [6, 6.07) is 11.7. The van der Waals surface area contributed by atoms with Gasteiger partial charge in [0.2, 0.25) is 0 Å². The number of hydrogen-bond acceptors (Lipinski definition) is 4. The van der Waals surface area contributed by atoms with Crippen molar-refractivity contribution in [2.75, 3.05) is 24.2 Å². The minimum atomic E-state index is 0.645. The molecule has 108 valence electrons. The Hall–Kier alpha value is -2.69. The van der Waals surface area contributed by atoms with Crippen molar-refractivity contribution in [1.82, 2.24) is 9.97 Å². The fourth-order valence-electron chi connectivity index (χ4n) is 2.15. The molecule has 0 aliphatic carbocycles. The summed E-state index contributed by atoms with van der Waals surface area (Å²) < 4.78 is 5.74. The monoisotopic (exact) mass is 282 g/mol.